The summed E-state index contributed by atoms with van der Waals surface area (Å²) >= 11 is 1.56. The summed E-state index contributed by atoms with van der Waals surface area (Å²) in [5.74, 6) is -0.225. The van der Waals surface area contributed by atoms with Crippen LogP contribution in [-0.2, 0) is 4.79 Å². The van der Waals surface area contributed by atoms with Crippen LogP contribution in [0.2, 0.25) is 0 Å². The Morgan fingerprint density at radius 2 is 2.18 bits per heavy atom. The van der Waals surface area contributed by atoms with Gasteiger partial charge in [-0.25, -0.2) is 4.98 Å². The number of nitrogens with zero attached hydrogens (tertiary/aromatic N) is 2. The van der Waals surface area contributed by atoms with Gasteiger partial charge in [-0.2, -0.15) is 0 Å². The van der Waals surface area contributed by atoms with Gasteiger partial charge in [0.05, 0.1) is 34.5 Å². The van der Waals surface area contributed by atoms with E-state index in [1.165, 1.54) is 0 Å². The highest BCUT2D eigenvalue weighted by Crippen LogP contribution is 2.25. The number of allylic oxidation sites excluding steroid dienone is 1. The van der Waals surface area contributed by atoms with E-state index in [-0.39, 0.29) is 12.5 Å². The van der Waals surface area contributed by atoms with Gasteiger partial charge in [-0.3, -0.25) is 9.79 Å². The molecular formula is C16H17N3O2S. The summed E-state index contributed by atoms with van der Waals surface area (Å²) in [4.78, 5) is 21.2. The summed E-state index contributed by atoms with van der Waals surface area (Å²) in [6.07, 6.45) is 1.87. The molecule has 1 aromatic heterocycles. The van der Waals surface area contributed by atoms with Crippen LogP contribution >= 0.6 is 11.3 Å². The van der Waals surface area contributed by atoms with E-state index < -0.39 is 5.41 Å². The van der Waals surface area contributed by atoms with Crippen LogP contribution in [0, 0.1) is 5.41 Å². The number of aliphatic hydroxyl groups is 1. The molecule has 0 atom stereocenters. The van der Waals surface area contributed by atoms with Gasteiger partial charge < -0.3 is 10.4 Å². The summed E-state index contributed by atoms with van der Waals surface area (Å²) < 4.78 is 1.09. The number of hydrogen-bond donors (Lipinski definition) is 2. The van der Waals surface area contributed by atoms with Gasteiger partial charge in [0.1, 0.15) is 10.7 Å². The number of aromatic nitrogens is 1. The van der Waals surface area contributed by atoms with Crippen molar-refractivity contribution in [1.82, 2.24) is 10.3 Å². The average molecular weight is 315 g/mol. The van der Waals surface area contributed by atoms with Crippen LogP contribution in [0.25, 0.3) is 10.2 Å². The molecule has 0 aliphatic carbocycles. The number of rotatable bonds is 4. The van der Waals surface area contributed by atoms with E-state index in [1.54, 1.807) is 25.2 Å². The molecule has 1 amide bonds. The summed E-state index contributed by atoms with van der Waals surface area (Å²) in [5, 5.41) is 13.0. The Morgan fingerprint density at radius 3 is 2.91 bits per heavy atom. The molecule has 114 valence electrons. The van der Waals surface area contributed by atoms with E-state index in [4.69, 9.17) is 0 Å². The third-order valence-electron chi connectivity index (χ3n) is 3.55. The Bertz CT molecular complexity index is 757. The molecule has 2 aromatic rings. The topological polar surface area (TPSA) is 74.6 Å². The lowest BCUT2D eigenvalue weighted by Crippen LogP contribution is -2.40. The Balaban J connectivity index is 1.86. The zero-order valence-corrected chi connectivity index (χ0v) is 13.3. The van der Waals surface area contributed by atoms with Crippen LogP contribution < -0.4 is 5.32 Å². The van der Waals surface area contributed by atoms with Gasteiger partial charge in [-0.05, 0) is 32.1 Å². The number of aliphatic imine (C=N–C) groups is 1. The number of thiazole rings is 1. The zero-order valence-electron chi connectivity index (χ0n) is 12.5. The molecular weight excluding hydrogens is 298 g/mol. The average Bonchev–Trinajstić information content (AvgIpc) is 3.12. The van der Waals surface area contributed by atoms with Crippen LogP contribution in [-0.4, -0.2) is 34.9 Å². The van der Waals surface area contributed by atoms with Gasteiger partial charge in [-0.1, -0.05) is 12.1 Å². The summed E-state index contributed by atoms with van der Waals surface area (Å²) in [6.45, 7) is 3.72. The molecule has 0 spiro atoms. The lowest BCUT2D eigenvalue weighted by molar-refractivity contribution is -0.130. The van der Waals surface area contributed by atoms with E-state index in [1.807, 2.05) is 30.3 Å². The van der Waals surface area contributed by atoms with Crippen molar-refractivity contribution in [2.45, 2.75) is 13.8 Å². The molecule has 0 radical (unpaired) electrons. The predicted molar refractivity (Wildman–Crippen MR) is 88.1 cm³/mol. The minimum atomic E-state index is -0.831. The van der Waals surface area contributed by atoms with Crippen molar-refractivity contribution in [1.29, 1.82) is 0 Å². The lowest BCUT2D eigenvalue weighted by atomic mass is 9.93. The fourth-order valence-corrected chi connectivity index (χ4v) is 3.03. The van der Waals surface area contributed by atoms with Crippen molar-refractivity contribution in [3.8, 4) is 0 Å². The Kier molecular flexibility index (Phi) is 3.80. The second-order valence-corrected chi connectivity index (χ2v) is 6.82. The monoisotopic (exact) mass is 315 g/mol. The van der Waals surface area contributed by atoms with Crippen LogP contribution in [0.1, 0.15) is 18.9 Å². The number of aliphatic hydroxyl groups excluding tert-OH is 1. The number of carbonyl (C=O) groups is 1. The van der Waals surface area contributed by atoms with Crippen LogP contribution in [0.3, 0.4) is 0 Å². The normalized spacial score (nSPS) is 14.9. The van der Waals surface area contributed by atoms with Gasteiger partial charge in [0.25, 0.3) is 0 Å². The minimum Gasteiger partial charge on any atom is -0.395 e. The molecule has 0 saturated heterocycles. The first-order chi connectivity index (χ1) is 10.5. The summed E-state index contributed by atoms with van der Waals surface area (Å²) in [6, 6.07) is 7.90. The number of carbonyl (C=O) groups excluding carboxylic acids is 1. The van der Waals surface area contributed by atoms with E-state index in [0.29, 0.717) is 18.0 Å². The van der Waals surface area contributed by atoms with E-state index in [0.717, 1.165) is 15.2 Å². The van der Waals surface area contributed by atoms with Crippen molar-refractivity contribution < 1.29 is 9.90 Å². The number of nitrogens with one attached hydrogen (secondary N) is 1. The van der Waals surface area contributed by atoms with Crippen molar-refractivity contribution in [2.75, 3.05) is 13.2 Å². The van der Waals surface area contributed by atoms with Crippen molar-refractivity contribution in [2.24, 2.45) is 10.4 Å². The highest BCUT2D eigenvalue weighted by Gasteiger charge is 2.29. The van der Waals surface area contributed by atoms with E-state index in [9.17, 15) is 9.90 Å². The second kappa shape index (κ2) is 5.62. The Labute approximate surface area is 132 Å². The molecule has 5 nitrogen and oxygen atoms in total. The molecule has 0 unspecified atom stereocenters. The standard InChI is InChI=1S/C16H17N3O2S/c1-16(2,9-20)15(21)19-11-7-8-17-13(11)14-18-10-5-3-4-6-12(10)22-14/h3-7,20H,8-9H2,1-2H3,(H,19,21). The first-order valence-electron chi connectivity index (χ1n) is 7.04. The molecule has 6 heteroatoms. The molecule has 0 fully saturated rings. The molecule has 1 aliphatic heterocycles. The van der Waals surface area contributed by atoms with Crippen LogP contribution in [0.4, 0.5) is 0 Å². The number of fused-ring (bicyclic) bond motifs is 1. The van der Waals surface area contributed by atoms with Crippen molar-refractivity contribution in [3.63, 3.8) is 0 Å². The van der Waals surface area contributed by atoms with Gasteiger partial charge >= 0.3 is 0 Å². The first kappa shape index (κ1) is 14.9. The zero-order chi connectivity index (χ0) is 15.7. The molecule has 1 aliphatic rings. The third kappa shape index (κ3) is 2.67. The second-order valence-electron chi connectivity index (χ2n) is 5.79. The molecule has 2 heterocycles. The van der Waals surface area contributed by atoms with E-state index in [2.05, 4.69) is 15.3 Å². The maximum atomic E-state index is 12.2. The number of benzene rings is 1. The minimum absolute atomic E-state index is 0.209. The molecule has 0 saturated carbocycles. The quantitative estimate of drug-likeness (QED) is 0.907. The first-order valence-corrected chi connectivity index (χ1v) is 7.86. The smallest absolute Gasteiger partial charge is 0.232 e. The van der Waals surface area contributed by atoms with Gasteiger partial charge in [0.2, 0.25) is 5.91 Å². The summed E-state index contributed by atoms with van der Waals surface area (Å²) in [7, 11) is 0. The van der Waals surface area contributed by atoms with Gasteiger partial charge in [0, 0.05) is 0 Å². The Morgan fingerprint density at radius 1 is 1.41 bits per heavy atom. The Hall–Kier alpha value is -2.05. The fraction of sp³-hybridized carbons (Fsp3) is 0.312. The van der Waals surface area contributed by atoms with Gasteiger partial charge in [0.15, 0.2) is 0 Å². The highest BCUT2D eigenvalue weighted by atomic mass is 32.1. The maximum Gasteiger partial charge on any atom is 0.232 e. The van der Waals surface area contributed by atoms with Crippen LogP contribution in [0.15, 0.2) is 41.0 Å². The molecule has 3 rings (SSSR count). The fourth-order valence-electron chi connectivity index (χ4n) is 2.04. The number of amides is 1. The summed E-state index contributed by atoms with van der Waals surface area (Å²) in [5.41, 5.74) is 1.48. The lowest BCUT2D eigenvalue weighted by Gasteiger charge is -2.21. The predicted octanol–water partition coefficient (Wildman–Crippen LogP) is 2.12. The van der Waals surface area contributed by atoms with Gasteiger partial charge in [-0.15, -0.1) is 11.3 Å². The third-order valence-corrected chi connectivity index (χ3v) is 4.60. The van der Waals surface area contributed by atoms with Crippen molar-refractivity contribution in [3.05, 3.63) is 41.0 Å². The molecule has 2 N–H and O–H groups in total. The van der Waals surface area contributed by atoms with Crippen LogP contribution in [0.5, 0.6) is 0 Å². The number of hydrogen-bond acceptors (Lipinski definition) is 5. The maximum absolute atomic E-state index is 12.2. The SMILES string of the molecule is CC(C)(CO)C(=O)NC1=CCN=C1c1nc2ccccc2s1. The largest absolute Gasteiger partial charge is 0.395 e. The van der Waals surface area contributed by atoms with Crippen molar-refractivity contribution >= 4 is 33.2 Å². The molecule has 1 aromatic carbocycles. The number of para-hydroxylation sites is 1. The molecule has 22 heavy (non-hydrogen) atoms. The molecule has 0 bridgehead atoms. The van der Waals surface area contributed by atoms with E-state index >= 15 is 0 Å². The highest BCUT2D eigenvalue weighted by molar-refractivity contribution is 7.20.